The standard InChI is InChI=1S/C22H18N2O3/c1-14-11-16(26-2)8-9-17(14)20-13-27-21-18(20)6-3-7-19(21)22(25)24-15-5-4-10-23-12-15/h3-13H,1-2H3,(H,24,25). The summed E-state index contributed by atoms with van der Waals surface area (Å²) in [5, 5.41) is 3.74. The van der Waals surface area contributed by atoms with E-state index in [1.54, 1.807) is 44.0 Å². The maximum absolute atomic E-state index is 12.7. The van der Waals surface area contributed by atoms with E-state index in [1.807, 2.05) is 37.3 Å². The van der Waals surface area contributed by atoms with Gasteiger partial charge in [-0.15, -0.1) is 0 Å². The monoisotopic (exact) mass is 358 g/mol. The van der Waals surface area contributed by atoms with E-state index in [4.69, 9.17) is 9.15 Å². The Hall–Kier alpha value is -3.60. The van der Waals surface area contributed by atoms with Crippen molar-refractivity contribution in [2.45, 2.75) is 6.92 Å². The summed E-state index contributed by atoms with van der Waals surface area (Å²) in [5.41, 5.74) is 4.73. The molecule has 0 atom stereocenters. The first-order valence-corrected chi connectivity index (χ1v) is 8.54. The van der Waals surface area contributed by atoms with E-state index in [0.717, 1.165) is 27.8 Å². The highest BCUT2D eigenvalue weighted by atomic mass is 16.5. The second-order valence-corrected chi connectivity index (χ2v) is 6.21. The van der Waals surface area contributed by atoms with Crippen LogP contribution >= 0.6 is 0 Å². The van der Waals surface area contributed by atoms with Gasteiger partial charge in [0.1, 0.15) is 11.3 Å². The van der Waals surface area contributed by atoms with Crippen LogP contribution in [-0.2, 0) is 0 Å². The summed E-state index contributed by atoms with van der Waals surface area (Å²) in [4.78, 5) is 16.7. The summed E-state index contributed by atoms with van der Waals surface area (Å²) in [6.45, 7) is 2.02. The van der Waals surface area contributed by atoms with Crippen LogP contribution in [0.25, 0.3) is 22.1 Å². The van der Waals surface area contributed by atoms with Gasteiger partial charge in [0.25, 0.3) is 5.91 Å². The number of nitrogens with one attached hydrogen (secondary N) is 1. The largest absolute Gasteiger partial charge is 0.497 e. The van der Waals surface area contributed by atoms with E-state index >= 15 is 0 Å². The molecule has 0 saturated carbocycles. The molecule has 0 aliphatic carbocycles. The Balaban J connectivity index is 1.75. The van der Waals surface area contributed by atoms with Crippen molar-refractivity contribution in [2.24, 2.45) is 0 Å². The molecule has 0 spiro atoms. The van der Waals surface area contributed by atoms with Gasteiger partial charge in [-0.25, -0.2) is 0 Å². The van der Waals surface area contributed by atoms with Gasteiger partial charge in [-0.05, 0) is 48.4 Å². The Bertz CT molecular complexity index is 1120. The van der Waals surface area contributed by atoms with Crippen molar-refractivity contribution in [3.8, 4) is 16.9 Å². The molecule has 4 aromatic rings. The van der Waals surface area contributed by atoms with Gasteiger partial charge in [-0.3, -0.25) is 9.78 Å². The molecule has 1 N–H and O–H groups in total. The van der Waals surface area contributed by atoms with Gasteiger partial charge in [0.2, 0.25) is 0 Å². The predicted molar refractivity (Wildman–Crippen MR) is 105 cm³/mol. The average molecular weight is 358 g/mol. The third kappa shape index (κ3) is 3.15. The Morgan fingerprint density at radius 2 is 2.00 bits per heavy atom. The highest BCUT2D eigenvalue weighted by molar-refractivity contribution is 6.13. The molecule has 0 unspecified atom stereocenters. The number of rotatable bonds is 4. The fourth-order valence-corrected chi connectivity index (χ4v) is 3.15. The van der Waals surface area contributed by atoms with Gasteiger partial charge in [0.05, 0.1) is 30.8 Å². The zero-order valence-electron chi connectivity index (χ0n) is 15.0. The number of nitrogens with zero attached hydrogens (tertiary/aromatic N) is 1. The van der Waals surface area contributed by atoms with Crippen LogP contribution < -0.4 is 10.1 Å². The Morgan fingerprint density at radius 1 is 1.11 bits per heavy atom. The molecule has 0 radical (unpaired) electrons. The molecular weight excluding hydrogens is 340 g/mol. The summed E-state index contributed by atoms with van der Waals surface area (Å²) >= 11 is 0. The number of anilines is 1. The summed E-state index contributed by atoms with van der Waals surface area (Å²) in [6.07, 6.45) is 4.96. The average Bonchev–Trinajstić information content (AvgIpc) is 3.12. The lowest BCUT2D eigenvalue weighted by Gasteiger charge is -2.07. The first-order valence-electron chi connectivity index (χ1n) is 8.54. The topological polar surface area (TPSA) is 64.4 Å². The fraction of sp³-hybridized carbons (Fsp3) is 0.0909. The number of hydrogen-bond donors (Lipinski definition) is 1. The van der Waals surface area contributed by atoms with E-state index < -0.39 is 0 Å². The first-order chi connectivity index (χ1) is 13.2. The highest BCUT2D eigenvalue weighted by Crippen LogP contribution is 2.35. The minimum atomic E-state index is -0.235. The number of aryl methyl sites for hydroxylation is 1. The molecule has 0 saturated heterocycles. The summed E-state index contributed by atoms with van der Waals surface area (Å²) < 4.78 is 11.1. The zero-order valence-corrected chi connectivity index (χ0v) is 15.0. The lowest BCUT2D eigenvalue weighted by molar-refractivity contribution is 0.102. The van der Waals surface area contributed by atoms with Crippen molar-refractivity contribution >= 4 is 22.6 Å². The maximum Gasteiger partial charge on any atom is 0.259 e. The van der Waals surface area contributed by atoms with Gasteiger partial charge >= 0.3 is 0 Å². The van der Waals surface area contributed by atoms with Crippen LogP contribution in [0.1, 0.15) is 15.9 Å². The van der Waals surface area contributed by atoms with Crippen LogP contribution in [-0.4, -0.2) is 18.0 Å². The Labute approximate surface area is 156 Å². The smallest absolute Gasteiger partial charge is 0.259 e. The van der Waals surface area contributed by atoms with Crippen LogP contribution in [0.2, 0.25) is 0 Å². The predicted octanol–water partition coefficient (Wildman–Crippen LogP) is 5.06. The molecule has 134 valence electrons. The van der Waals surface area contributed by atoms with E-state index in [1.165, 1.54) is 0 Å². The van der Waals surface area contributed by atoms with Gasteiger partial charge in [0.15, 0.2) is 0 Å². The lowest BCUT2D eigenvalue weighted by atomic mass is 9.98. The van der Waals surface area contributed by atoms with Gasteiger partial charge in [-0.2, -0.15) is 0 Å². The van der Waals surface area contributed by atoms with Crippen LogP contribution in [0.4, 0.5) is 5.69 Å². The molecule has 2 aromatic carbocycles. The molecule has 4 rings (SSSR count). The summed E-state index contributed by atoms with van der Waals surface area (Å²) in [5.74, 6) is 0.571. The normalized spacial score (nSPS) is 10.7. The van der Waals surface area contributed by atoms with Gasteiger partial charge < -0.3 is 14.5 Å². The summed E-state index contributed by atoms with van der Waals surface area (Å²) in [6, 6.07) is 15.0. The number of methoxy groups -OCH3 is 1. The second kappa shape index (κ2) is 6.96. The SMILES string of the molecule is COc1ccc(-c2coc3c(C(=O)Nc4cccnc4)cccc23)c(C)c1. The number of para-hydroxylation sites is 1. The van der Waals surface area contributed by atoms with Crippen LogP contribution in [0, 0.1) is 6.92 Å². The molecular formula is C22H18N2O3. The molecule has 0 aliphatic heterocycles. The zero-order chi connectivity index (χ0) is 18.8. The van der Waals surface area contributed by atoms with Crippen LogP contribution in [0.3, 0.4) is 0 Å². The molecule has 0 bridgehead atoms. The van der Waals surface area contributed by atoms with Crippen molar-refractivity contribution in [3.63, 3.8) is 0 Å². The van der Waals surface area contributed by atoms with Crippen molar-refractivity contribution < 1.29 is 13.9 Å². The van der Waals surface area contributed by atoms with E-state index in [0.29, 0.717) is 16.8 Å². The molecule has 1 amide bonds. The number of furan rings is 1. The minimum Gasteiger partial charge on any atom is -0.497 e. The quantitative estimate of drug-likeness (QED) is 0.553. The summed E-state index contributed by atoms with van der Waals surface area (Å²) in [7, 11) is 1.65. The second-order valence-electron chi connectivity index (χ2n) is 6.21. The fourth-order valence-electron chi connectivity index (χ4n) is 3.15. The number of carbonyl (C=O) groups is 1. The van der Waals surface area contributed by atoms with Crippen molar-refractivity contribution in [1.82, 2.24) is 4.98 Å². The number of benzene rings is 2. The first kappa shape index (κ1) is 16.8. The maximum atomic E-state index is 12.7. The Morgan fingerprint density at radius 3 is 2.74 bits per heavy atom. The number of ether oxygens (including phenoxy) is 1. The number of pyridine rings is 1. The van der Waals surface area contributed by atoms with Crippen molar-refractivity contribution in [1.29, 1.82) is 0 Å². The van der Waals surface area contributed by atoms with Gasteiger partial charge in [-0.1, -0.05) is 18.2 Å². The number of amides is 1. The molecule has 0 aliphatic rings. The van der Waals surface area contributed by atoms with Crippen LogP contribution in [0.5, 0.6) is 5.75 Å². The van der Waals surface area contributed by atoms with Crippen molar-refractivity contribution in [2.75, 3.05) is 12.4 Å². The van der Waals surface area contributed by atoms with E-state index in [9.17, 15) is 4.79 Å². The molecule has 2 heterocycles. The number of hydrogen-bond acceptors (Lipinski definition) is 4. The third-order valence-corrected chi connectivity index (χ3v) is 4.49. The lowest BCUT2D eigenvalue weighted by Crippen LogP contribution is -2.12. The highest BCUT2D eigenvalue weighted by Gasteiger charge is 2.17. The molecule has 0 fully saturated rings. The van der Waals surface area contributed by atoms with E-state index in [2.05, 4.69) is 10.3 Å². The van der Waals surface area contributed by atoms with Crippen LogP contribution in [0.15, 0.2) is 71.6 Å². The molecule has 5 nitrogen and oxygen atoms in total. The minimum absolute atomic E-state index is 0.235. The molecule has 5 heteroatoms. The third-order valence-electron chi connectivity index (χ3n) is 4.49. The Kier molecular flexibility index (Phi) is 4.34. The molecule has 27 heavy (non-hydrogen) atoms. The van der Waals surface area contributed by atoms with Crippen molar-refractivity contribution in [3.05, 3.63) is 78.3 Å². The number of fused-ring (bicyclic) bond motifs is 1. The number of carbonyl (C=O) groups excluding carboxylic acids is 1. The number of aromatic nitrogens is 1. The van der Waals surface area contributed by atoms with E-state index in [-0.39, 0.29) is 5.91 Å². The molecule has 2 aromatic heterocycles. The van der Waals surface area contributed by atoms with Gasteiger partial charge in [0, 0.05) is 17.1 Å².